The van der Waals surface area contributed by atoms with Gasteiger partial charge in [-0.25, -0.2) is 0 Å². The maximum Gasteiger partial charge on any atom is 0.254 e. The fraction of sp³-hybridized carbons (Fsp3) is 0.533. The molecular weight excluding hydrogens is 448 g/mol. The van der Waals surface area contributed by atoms with Crippen LogP contribution in [-0.2, 0) is 11.3 Å². The summed E-state index contributed by atoms with van der Waals surface area (Å²) in [5, 5.41) is 3.39. The van der Waals surface area contributed by atoms with Crippen molar-refractivity contribution in [2.75, 3.05) is 39.3 Å². The molecule has 6 heteroatoms. The molecule has 194 valence electrons. The molecule has 0 bridgehead atoms. The maximum absolute atomic E-state index is 13.8. The van der Waals surface area contributed by atoms with Crippen LogP contribution in [0.15, 0.2) is 48.5 Å². The van der Waals surface area contributed by atoms with Gasteiger partial charge in [-0.05, 0) is 62.4 Å². The summed E-state index contributed by atoms with van der Waals surface area (Å²) in [7, 11) is 0. The molecular formula is C30H42N4O2. The quantitative estimate of drug-likeness (QED) is 0.640. The van der Waals surface area contributed by atoms with Crippen molar-refractivity contribution in [1.29, 1.82) is 0 Å². The number of nitrogens with zero attached hydrogens (tertiary/aromatic N) is 3. The summed E-state index contributed by atoms with van der Waals surface area (Å²) in [6, 6.07) is 16.0. The predicted molar refractivity (Wildman–Crippen MR) is 145 cm³/mol. The van der Waals surface area contributed by atoms with Gasteiger partial charge in [0.05, 0.1) is 0 Å². The summed E-state index contributed by atoms with van der Waals surface area (Å²) in [5.41, 5.74) is 4.37. The molecule has 2 amide bonds. The predicted octanol–water partition coefficient (Wildman–Crippen LogP) is 3.87. The highest BCUT2D eigenvalue weighted by molar-refractivity contribution is 5.98. The highest BCUT2D eigenvalue weighted by Gasteiger charge is 2.43. The average Bonchev–Trinajstić information content (AvgIpc) is 3.12. The van der Waals surface area contributed by atoms with E-state index in [0.717, 1.165) is 44.7 Å². The molecule has 2 heterocycles. The van der Waals surface area contributed by atoms with Crippen molar-refractivity contribution in [1.82, 2.24) is 20.0 Å². The number of carbonyl (C=O) groups excluding carboxylic acids is 2. The Kier molecular flexibility index (Phi) is 8.81. The van der Waals surface area contributed by atoms with Crippen LogP contribution in [0.25, 0.3) is 0 Å². The summed E-state index contributed by atoms with van der Waals surface area (Å²) < 4.78 is 0. The van der Waals surface area contributed by atoms with Crippen LogP contribution in [0.1, 0.15) is 53.7 Å². The van der Waals surface area contributed by atoms with Gasteiger partial charge >= 0.3 is 0 Å². The lowest BCUT2D eigenvalue weighted by molar-refractivity contribution is -0.135. The monoisotopic (exact) mass is 490 g/mol. The van der Waals surface area contributed by atoms with E-state index in [1.54, 1.807) is 0 Å². The third-order valence-corrected chi connectivity index (χ3v) is 7.53. The van der Waals surface area contributed by atoms with E-state index in [9.17, 15) is 9.59 Å². The van der Waals surface area contributed by atoms with Crippen LogP contribution in [0.5, 0.6) is 0 Å². The molecule has 2 saturated heterocycles. The van der Waals surface area contributed by atoms with Crippen LogP contribution in [0, 0.1) is 19.8 Å². The van der Waals surface area contributed by atoms with Crippen molar-refractivity contribution in [2.24, 2.45) is 5.92 Å². The number of aryl methyl sites for hydroxylation is 2. The average molecular weight is 491 g/mol. The van der Waals surface area contributed by atoms with Gasteiger partial charge in [0, 0.05) is 50.9 Å². The Bertz CT molecular complexity index is 1030. The molecule has 1 N–H and O–H groups in total. The zero-order valence-corrected chi connectivity index (χ0v) is 22.4. The summed E-state index contributed by atoms with van der Waals surface area (Å²) in [5.74, 6) is 0.549. The van der Waals surface area contributed by atoms with Crippen LogP contribution < -0.4 is 5.32 Å². The van der Waals surface area contributed by atoms with Crippen LogP contribution in [-0.4, -0.2) is 77.9 Å². The molecule has 2 fully saturated rings. The minimum absolute atomic E-state index is 0.0378. The van der Waals surface area contributed by atoms with E-state index in [-0.39, 0.29) is 17.9 Å². The lowest BCUT2D eigenvalue weighted by Crippen LogP contribution is -2.48. The fourth-order valence-electron chi connectivity index (χ4n) is 5.49. The van der Waals surface area contributed by atoms with E-state index in [0.29, 0.717) is 31.0 Å². The molecule has 0 radical (unpaired) electrons. The molecule has 6 nitrogen and oxygen atoms in total. The van der Waals surface area contributed by atoms with Gasteiger partial charge in [0.1, 0.15) is 6.04 Å². The Morgan fingerprint density at radius 2 is 1.78 bits per heavy atom. The van der Waals surface area contributed by atoms with E-state index in [4.69, 9.17) is 0 Å². The van der Waals surface area contributed by atoms with Gasteiger partial charge in [0.15, 0.2) is 0 Å². The number of carbonyl (C=O) groups is 2. The number of hydrogen-bond donors (Lipinski definition) is 1. The van der Waals surface area contributed by atoms with E-state index in [1.165, 1.54) is 11.1 Å². The highest BCUT2D eigenvalue weighted by Crippen LogP contribution is 2.28. The Balaban J connectivity index is 1.62. The minimum atomic E-state index is -0.423. The Labute approximate surface area is 216 Å². The van der Waals surface area contributed by atoms with Gasteiger partial charge in [-0.1, -0.05) is 55.8 Å². The second-order valence-electron chi connectivity index (χ2n) is 10.9. The molecule has 2 aliphatic rings. The van der Waals surface area contributed by atoms with E-state index in [1.807, 2.05) is 41.0 Å². The fourth-order valence-corrected chi connectivity index (χ4v) is 5.49. The van der Waals surface area contributed by atoms with Crippen molar-refractivity contribution in [3.8, 4) is 0 Å². The molecule has 0 saturated carbocycles. The number of nitrogens with one attached hydrogen (secondary N) is 1. The first-order valence-electron chi connectivity index (χ1n) is 13.5. The van der Waals surface area contributed by atoms with E-state index < -0.39 is 6.04 Å². The summed E-state index contributed by atoms with van der Waals surface area (Å²) in [6.07, 6.45) is 1.62. The lowest BCUT2D eigenvalue weighted by atomic mass is 10.0. The van der Waals surface area contributed by atoms with E-state index >= 15 is 0 Å². The van der Waals surface area contributed by atoms with E-state index in [2.05, 4.69) is 55.3 Å². The molecule has 36 heavy (non-hydrogen) atoms. The van der Waals surface area contributed by atoms with Gasteiger partial charge in [-0.15, -0.1) is 0 Å². The van der Waals surface area contributed by atoms with Crippen LogP contribution in [0.2, 0.25) is 0 Å². The van der Waals surface area contributed by atoms with Crippen molar-refractivity contribution < 1.29 is 9.59 Å². The molecule has 2 aromatic carbocycles. The molecule has 0 aromatic heterocycles. The van der Waals surface area contributed by atoms with Crippen molar-refractivity contribution in [3.63, 3.8) is 0 Å². The van der Waals surface area contributed by atoms with Crippen LogP contribution >= 0.6 is 0 Å². The zero-order valence-electron chi connectivity index (χ0n) is 22.4. The minimum Gasteiger partial charge on any atom is -0.340 e. The normalized spacial score (nSPS) is 20.7. The van der Waals surface area contributed by atoms with Gasteiger partial charge in [0.25, 0.3) is 5.91 Å². The zero-order chi connectivity index (χ0) is 25.7. The third-order valence-electron chi connectivity index (χ3n) is 7.53. The SMILES string of the molecule is Cc1ccc(C(=O)N2CC(N(Cc3ccccc3C)CC(C)C)CC2C(=O)N2CCCNCC2)cc1. The summed E-state index contributed by atoms with van der Waals surface area (Å²) >= 11 is 0. The Morgan fingerprint density at radius 1 is 1.03 bits per heavy atom. The maximum atomic E-state index is 13.8. The van der Waals surface area contributed by atoms with Crippen LogP contribution in [0.4, 0.5) is 0 Å². The number of likely N-dealkylation sites (tertiary alicyclic amines) is 1. The smallest absolute Gasteiger partial charge is 0.254 e. The molecule has 2 aliphatic heterocycles. The molecule has 0 spiro atoms. The topological polar surface area (TPSA) is 55.9 Å². The highest BCUT2D eigenvalue weighted by atomic mass is 16.2. The van der Waals surface area contributed by atoms with Crippen LogP contribution in [0.3, 0.4) is 0 Å². The largest absolute Gasteiger partial charge is 0.340 e. The van der Waals surface area contributed by atoms with Gasteiger partial charge in [0.2, 0.25) is 5.91 Å². The second kappa shape index (κ2) is 12.0. The Hall–Kier alpha value is -2.70. The first kappa shape index (κ1) is 26.4. The van der Waals surface area contributed by atoms with Crippen molar-refractivity contribution >= 4 is 11.8 Å². The number of amides is 2. The second-order valence-corrected chi connectivity index (χ2v) is 10.9. The van der Waals surface area contributed by atoms with Gasteiger partial charge in [-0.2, -0.15) is 0 Å². The summed E-state index contributed by atoms with van der Waals surface area (Å²) in [4.78, 5) is 33.9. The standard InChI is InChI=1S/C30H42N4O2/c1-22(2)19-33(20-26-9-6-5-8-24(26)4)27-18-28(30(36)32-16-7-14-31-15-17-32)34(21-27)29(35)25-12-10-23(3)11-13-25/h5-6,8-13,22,27-28,31H,7,14-21H2,1-4H3. The molecule has 2 aromatic rings. The van der Waals surface area contributed by atoms with Crippen molar-refractivity contribution in [2.45, 2.75) is 59.2 Å². The number of rotatable bonds is 7. The number of hydrogen-bond acceptors (Lipinski definition) is 4. The first-order chi connectivity index (χ1) is 17.3. The molecule has 2 unspecified atom stereocenters. The Morgan fingerprint density at radius 3 is 2.50 bits per heavy atom. The number of benzene rings is 2. The third kappa shape index (κ3) is 6.34. The van der Waals surface area contributed by atoms with Gasteiger partial charge in [-0.3, -0.25) is 14.5 Å². The summed E-state index contributed by atoms with van der Waals surface area (Å²) in [6.45, 7) is 14.2. The molecule has 2 atom stereocenters. The molecule has 4 rings (SSSR count). The molecule has 0 aliphatic carbocycles. The lowest BCUT2D eigenvalue weighted by Gasteiger charge is -2.31. The first-order valence-corrected chi connectivity index (χ1v) is 13.5. The van der Waals surface area contributed by atoms with Crippen molar-refractivity contribution in [3.05, 3.63) is 70.8 Å². The van der Waals surface area contributed by atoms with Gasteiger partial charge < -0.3 is 15.1 Å².